The molecule has 186 valence electrons. The van der Waals surface area contributed by atoms with Gasteiger partial charge in [-0.3, -0.25) is 9.59 Å². The third-order valence-electron chi connectivity index (χ3n) is 5.00. The molecule has 2 aromatic carbocycles. The van der Waals surface area contributed by atoms with Crippen molar-refractivity contribution >= 4 is 43.6 Å². The summed E-state index contributed by atoms with van der Waals surface area (Å²) in [5.74, 6) is -1.47. The van der Waals surface area contributed by atoms with Gasteiger partial charge in [0.1, 0.15) is 18.4 Å². The molecular formula is C23H30BrFN4O4S. The van der Waals surface area contributed by atoms with E-state index in [4.69, 9.17) is 0 Å². The van der Waals surface area contributed by atoms with Gasteiger partial charge in [0.2, 0.25) is 11.8 Å². The summed E-state index contributed by atoms with van der Waals surface area (Å²) in [5, 5.41) is 2.79. The Bertz CT molecular complexity index is 1090. The lowest BCUT2D eigenvalue weighted by Gasteiger charge is -2.33. The number of carbonyl (C=O) groups is 2. The van der Waals surface area contributed by atoms with Gasteiger partial charge >= 0.3 is 10.2 Å². The first kappa shape index (κ1) is 27.7. The quantitative estimate of drug-likeness (QED) is 0.486. The van der Waals surface area contributed by atoms with Crippen molar-refractivity contribution in [1.29, 1.82) is 0 Å². The molecule has 0 saturated carbocycles. The van der Waals surface area contributed by atoms with Gasteiger partial charge in [0, 0.05) is 31.2 Å². The molecule has 11 heteroatoms. The molecule has 0 aliphatic heterocycles. The summed E-state index contributed by atoms with van der Waals surface area (Å²) < 4.78 is 42.2. The molecule has 0 aliphatic carbocycles. The topological polar surface area (TPSA) is 90.0 Å². The Morgan fingerprint density at radius 1 is 1.00 bits per heavy atom. The van der Waals surface area contributed by atoms with Crippen LogP contribution in [0, 0.1) is 5.82 Å². The first-order valence-electron chi connectivity index (χ1n) is 10.6. The van der Waals surface area contributed by atoms with Crippen LogP contribution in [0.25, 0.3) is 0 Å². The van der Waals surface area contributed by atoms with Gasteiger partial charge in [-0.05, 0) is 62.7 Å². The predicted octanol–water partition coefficient (Wildman–Crippen LogP) is 3.14. The molecule has 2 amide bonds. The van der Waals surface area contributed by atoms with E-state index < -0.39 is 34.5 Å². The summed E-state index contributed by atoms with van der Waals surface area (Å²) in [6.07, 6.45) is 0. The first-order valence-corrected chi connectivity index (χ1v) is 12.8. The SMILES string of the molecule is CC(C)NC(=O)C(C)N(Cc1ccc(Br)cc1)C(=O)CN(c1ccc(F)cc1)S(=O)(=O)N(C)C. The van der Waals surface area contributed by atoms with Crippen molar-refractivity contribution in [2.75, 3.05) is 24.9 Å². The average Bonchev–Trinajstić information content (AvgIpc) is 2.76. The summed E-state index contributed by atoms with van der Waals surface area (Å²) in [6, 6.07) is 11.1. The van der Waals surface area contributed by atoms with E-state index in [1.165, 1.54) is 31.1 Å². The van der Waals surface area contributed by atoms with Gasteiger partial charge in [-0.2, -0.15) is 12.7 Å². The Morgan fingerprint density at radius 2 is 1.56 bits per heavy atom. The van der Waals surface area contributed by atoms with E-state index in [0.29, 0.717) is 0 Å². The maximum absolute atomic E-state index is 13.5. The summed E-state index contributed by atoms with van der Waals surface area (Å²) in [4.78, 5) is 27.6. The van der Waals surface area contributed by atoms with E-state index in [-0.39, 0.29) is 24.2 Å². The highest BCUT2D eigenvalue weighted by Crippen LogP contribution is 2.21. The molecule has 0 radical (unpaired) electrons. The number of rotatable bonds is 10. The summed E-state index contributed by atoms with van der Waals surface area (Å²) >= 11 is 3.37. The number of benzene rings is 2. The van der Waals surface area contributed by atoms with Gasteiger partial charge < -0.3 is 10.2 Å². The van der Waals surface area contributed by atoms with Crippen molar-refractivity contribution < 1.29 is 22.4 Å². The van der Waals surface area contributed by atoms with Gasteiger partial charge in [0.05, 0.1) is 5.69 Å². The number of hydrogen-bond acceptors (Lipinski definition) is 4. The average molecular weight is 557 g/mol. The van der Waals surface area contributed by atoms with Gasteiger partial charge in [0.25, 0.3) is 0 Å². The highest BCUT2D eigenvalue weighted by Gasteiger charge is 2.32. The van der Waals surface area contributed by atoms with Crippen LogP contribution < -0.4 is 9.62 Å². The molecule has 0 aromatic heterocycles. The van der Waals surface area contributed by atoms with Crippen LogP contribution >= 0.6 is 15.9 Å². The smallest absolute Gasteiger partial charge is 0.304 e. The molecule has 1 unspecified atom stereocenters. The highest BCUT2D eigenvalue weighted by molar-refractivity contribution is 9.10. The van der Waals surface area contributed by atoms with E-state index in [0.717, 1.165) is 30.8 Å². The molecule has 34 heavy (non-hydrogen) atoms. The predicted molar refractivity (Wildman–Crippen MR) is 134 cm³/mol. The lowest BCUT2D eigenvalue weighted by molar-refractivity contribution is -0.139. The fourth-order valence-electron chi connectivity index (χ4n) is 3.10. The number of halogens is 2. The van der Waals surface area contributed by atoms with Crippen LogP contribution in [-0.2, 0) is 26.3 Å². The van der Waals surface area contributed by atoms with E-state index in [9.17, 15) is 22.4 Å². The summed E-state index contributed by atoms with van der Waals surface area (Å²) in [6.45, 7) is 4.74. The van der Waals surface area contributed by atoms with Crippen molar-refractivity contribution in [3.63, 3.8) is 0 Å². The van der Waals surface area contributed by atoms with E-state index in [1.807, 2.05) is 38.1 Å². The Morgan fingerprint density at radius 3 is 2.06 bits per heavy atom. The van der Waals surface area contributed by atoms with Crippen molar-refractivity contribution in [2.24, 2.45) is 0 Å². The van der Waals surface area contributed by atoms with E-state index >= 15 is 0 Å². The fraction of sp³-hybridized carbons (Fsp3) is 0.391. The van der Waals surface area contributed by atoms with Crippen LogP contribution in [0.3, 0.4) is 0 Å². The molecule has 0 saturated heterocycles. The van der Waals surface area contributed by atoms with Crippen LogP contribution in [0.1, 0.15) is 26.3 Å². The number of nitrogens with one attached hydrogen (secondary N) is 1. The van der Waals surface area contributed by atoms with Gasteiger partial charge in [-0.15, -0.1) is 0 Å². The number of carbonyl (C=O) groups excluding carboxylic acids is 2. The number of anilines is 1. The molecule has 0 bridgehead atoms. The second kappa shape index (κ2) is 11.8. The van der Waals surface area contributed by atoms with Crippen LogP contribution in [0.2, 0.25) is 0 Å². The van der Waals surface area contributed by atoms with Crippen LogP contribution in [0.4, 0.5) is 10.1 Å². The van der Waals surface area contributed by atoms with Crippen LogP contribution in [0.5, 0.6) is 0 Å². The summed E-state index contributed by atoms with van der Waals surface area (Å²) in [5.41, 5.74) is 0.899. The lowest BCUT2D eigenvalue weighted by atomic mass is 10.1. The molecule has 1 atom stereocenters. The van der Waals surface area contributed by atoms with Crippen molar-refractivity contribution in [2.45, 2.75) is 39.4 Å². The molecule has 0 aliphatic rings. The van der Waals surface area contributed by atoms with Crippen molar-refractivity contribution in [3.05, 3.63) is 64.4 Å². The molecule has 0 fully saturated rings. The Balaban J connectivity index is 2.43. The van der Waals surface area contributed by atoms with Crippen molar-refractivity contribution in [1.82, 2.24) is 14.5 Å². The highest BCUT2D eigenvalue weighted by atomic mass is 79.9. The molecule has 0 spiro atoms. The largest absolute Gasteiger partial charge is 0.352 e. The Hall–Kier alpha value is -2.50. The third-order valence-corrected chi connectivity index (χ3v) is 7.35. The third kappa shape index (κ3) is 7.25. The minimum absolute atomic E-state index is 0.0953. The molecule has 2 rings (SSSR count). The van der Waals surface area contributed by atoms with Gasteiger partial charge in [0.15, 0.2) is 0 Å². The van der Waals surface area contributed by atoms with E-state index in [2.05, 4.69) is 21.2 Å². The lowest BCUT2D eigenvalue weighted by Crippen LogP contribution is -2.53. The number of hydrogen-bond donors (Lipinski definition) is 1. The second-order valence-corrected chi connectivity index (χ2v) is 11.2. The molecule has 8 nitrogen and oxygen atoms in total. The zero-order valence-corrected chi connectivity index (χ0v) is 22.2. The Kier molecular flexibility index (Phi) is 9.60. The summed E-state index contributed by atoms with van der Waals surface area (Å²) in [7, 11) is -1.40. The normalized spacial score (nSPS) is 12.5. The zero-order chi connectivity index (χ0) is 25.6. The Labute approximate surface area is 209 Å². The van der Waals surface area contributed by atoms with Crippen LogP contribution in [0.15, 0.2) is 53.0 Å². The van der Waals surface area contributed by atoms with Gasteiger partial charge in [-0.25, -0.2) is 8.70 Å². The molecular weight excluding hydrogens is 527 g/mol. The molecule has 1 N–H and O–H groups in total. The fourth-order valence-corrected chi connectivity index (χ4v) is 4.42. The monoisotopic (exact) mass is 556 g/mol. The van der Waals surface area contributed by atoms with E-state index in [1.54, 1.807) is 6.92 Å². The zero-order valence-electron chi connectivity index (χ0n) is 19.8. The van der Waals surface area contributed by atoms with Crippen molar-refractivity contribution in [3.8, 4) is 0 Å². The standard InChI is InChI=1S/C23H30BrFN4O4S/c1-16(2)26-23(31)17(3)28(14-18-6-8-19(24)9-7-18)22(30)15-29(34(32,33)27(4)5)21-12-10-20(25)11-13-21/h6-13,16-17H,14-15H2,1-5H3,(H,26,31). The second-order valence-electron chi connectivity index (χ2n) is 8.26. The van der Waals surface area contributed by atoms with Crippen LogP contribution in [-0.4, -0.2) is 62.2 Å². The minimum Gasteiger partial charge on any atom is -0.352 e. The molecule has 0 heterocycles. The minimum atomic E-state index is -4.09. The maximum Gasteiger partial charge on any atom is 0.304 e. The number of nitrogens with zero attached hydrogens (tertiary/aromatic N) is 3. The molecule has 2 aromatic rings. The number of amides is 2. The maximum atomic E-state index is 13.5. The first-order chi connectivity index (χ1) is 15.8. The van der Waals surface area contributed by atoms with Gasteiger partial charge in [-0.1, -0.05) is 28.1 Å².